The normalized spacial score (nSPS) is 10.9. The summed E-state index contributed by atoms with van der Waals surface area (Å²) >= 11 is 1.50. The van der Waals surface area contributed by atoms with Gasteiger partial charge in [-0.3, -0.25) is 4.79 Å². The van der Waals surface area contributed by atoms with Crippen molar-refractivity contribution < 1.29 is 4.79 Å². The van der Waals surface area contributed by atoms with E-state index in [4.69, 9.17) is 5.73 Å². The zero-order valence-corrected chi connectivity index (χ0v) is 12.1. The topological polar surface area (TPSA) is 68.0 Å². The second-order valence-corrected chi connectivity index (χ2v) is 5.75. The largest absolute Gasteiger partial charge is 0.351 e. The molecule has 0 unspecified atom stereocenters. The van der Waals surface area contributed by atoms with Gasteiger partial charge in [-0.1, -0.05) is 26.7 Å². The maximum Gasteiger partial charge on any atom is 0.270 e. The molecule has 4 nitrogen and oxygen atoms in total. The average Bonchev–Trinajstić information content (AvgIpc) is 2.77. The van der Waals surface area contributed by atoms with Gasteiger partial charge in [-0.2, -0.15) is 0 Å². The highest BCUT2D eigenvalue weighted by Crippen LogP contribution is 2.10. The molecule has 1 rings (SSSR count). The highest BCUT2D eigenvalue weighted by Gasteiger charge is 2.09. The summed E-state index contributed by atoms with van der Waals surface area (Å²) in [4.78, 5) is 16.0. The summed E-state index contributed by atoms with van der Waals surface area (Å²) in [7, 11) is 0. The van der Waals surface area contributed by atoms with Crippen LogP contribution >= 0.6 is 11.3 Å². The number of nitrogens with two attached hydrogens (primary N) is 1. The van der Waals surface area contributed by atoms with Gasteiger partial charge in [0.25, 0.3) is 5.91 Å². The lowest BCUT2D eigenvalue weighted by molar-refractivity contribution is 0.0948. The molecule has 1 aromatic rings. The van der Waals surface area contributed by atoms with Gasteiger partial charge < -0.3 is 11.1 Å². The molecule has 0 saturated carbocycles. The fourth-order valence-corrected chi connectivity index (χ4v) is 2.42. The minimum Gasteiger partial charge on any atom is -0.351 e. The molecule has 0 fully saturated rings. The van der Waals surface area contributed by atoms with Crippen LogP contribution in [-0.4, -0.2) is 24.0 Å². The lowest BCUT2D eigenvalue weighted by atomic mass is 10.1. The lowest BCUT2D eigenvalue weighted by Gasteiger charge is -2.05. The first kappa shape index (κ1) is 15.1. The minimum absolute atomic E-state index is 0.0703. The molecule has 1 heterocycles. The smallest absolute Gasteiger partial charge is 0.270 e. The Kier molecular flexibility index (Phi) is 6.90. The molecule has 3 N–H and O–H groups in total. The highest BCUT2D eigenvalue weighted by molar-refractivity contribution is 7.09. The van der Waals surface area contributed by atoms with Crippen molar-refractivity contribution in [1.29, 1.82) is 0 Å². The summed E-state index contributed by atoms with van der Waals surface area (Å²) in [5.41, 5.74) is 5.97. The summed E-state index contributed by atoms with van der Waals surface area (Å²) in [6, 6.07) is 0. The van der Waals surface area contributed by atoms with Crippen LogP contribution in [0.4, 0.5) is 0 Å². The number of carbonyl (C=O) groups excluding carboxylic acids is 1. The van der Waals surface area contributed by atoms with E-state index < -0.39 is 0 Å². The van der Waals surface area contributed by atoms with E-state index in [1.807, 2.05) is 0 Å². The van der Waals surface area contributed by atoms with E-state index in [-0.39, 0.29) is 5.91 Å². The molecule has 0 aliphatic heterocycles. The number of thiazole rings is 1. The van der Waals surface area contributed by atoms with Crippen molar-refractivity contribution in [2.24, 2.45) is 11.7 Å². The van der Waals surface area contributed by atoms with Crippen LogP contribution < -0.4 is 11.1 Å². The van der Waals surface area contributed by atoms with Gasteiger partial charge in [-0.05, 0) is 18.9 Å². The van der Waals surface area contributed by atoms with Crippen LogP contribution in [0.5, 0.6) is 0 Å². The zero-order valence-electron chi connectivity index (χ0n) is 11.2. The summed E-state index contributed by atoms with van der Waals surface area (Å²) in [5, 5.41) is 5.63. The Morgan fingerprint density at radius 2 is 2.28 bits per heavy atom. The van der Waals surface area contributed by atoms with Crippen LogP contribution in [0.25, 0.3) is 0 Å². The van der Waals surface area contributed by atoms with E-state index in [2.05, 4.69) is 24.1 Å². The molecule has 0 radical (unpaired) electrons. The van der Waals surface area contributed by atoms with Crippen LogP contribution in [0.15, 0.2) is 5.38 Å². The Balaban J connectivity index is 2.23. The van der Waals surface area contributed by atoms with Crippen molar-refractivity contribution in [1.82, 2.24) is 10.3 Å². The fraction of sp³-hybridized carbons (Fsp3) is 0.692. The summed E-state index contributed by atoms with van der Waals surface area (Å²) in [6.07, 6.45) is 4.15. The second kappa shape index (κ2) is 8.21. The van der Waals surface area contributed by atoms with Crippen molar-refractivity contribution in [2.45, 2.75) is 39.5 Å². The van der Waals surface area contributed by atoms with Gasteiger partial charge in [0.05, 0.1) is 5.01 Å². The average molecular weight is 269 g/mol. The number of nitrogens with one attached hydrogen (secondary N) is 1. The fourth-order valence-electron chi connectivity index (χ4n) is 1.62. The van der Waals surface area contributed by atoms with E-state index in [0.717, 1.165) is 36.7 Å². The van der Waals surface area contributed by atoms with Gasteiger partial charge in [0.15, 0.2) is 0 Å². The molecule has 0 aliphatic rings. The zero-order chi connectivity index (χ0) is 13.4. The molecule has 0 spiro atoms. The summed E-state index contributed by atoms with van der Waals surface area (Å²) in [6.45, 7) is 5.73. The number of hydrogen-bond donors (Lipinski definition) is 2. The molecular formula is C13H23N3OS. The molecular weight excluding hydrogens is 246 g/mol. The number of aromatic nitrogens is 1. The third-order valence-electron chi connectivity index (χ3n) is 2.64. The van der Waals surface area contributed by atoms with Gasteiger partial charge in [0.1, 0.15) is 5.69 Å². The number of unbranched alkanes of at least 4 members (excludes halogenated alkanes) is 1. The molecule has 18 heavy (non-hydrogen) atoms. The third kappa shape index (κ3) is 5.60. The Labute approximate surface area is 113 Å². The molecule has 5 heteroatoms. The first-order valence-electron chi connectivity index (χ1n) is 6.56. The third-order valence-corrected chi connectivity index (χ3v) is 3.54. The molecule has 1 amide bonds. The van der Waals surface area contributed by atoms with Gasteiger partial charge in [-0.15, -0.1) is 11.3 Å². The number of nitrogens with zero attached hydrogens (tertiary/aromatic N) is 1. The molecule has 0 saturated heterocycles. The summed E-state index contributed by atoms with van der Waals surface area (Å²) < 4.78 is 0. The Morgan fingerprint density at radius 1 is 1.50 bits per heavy atom. The minimum atomic E-state index is -0.0703. The number of amides is 1. The maximum absolute atomic E-state index is 11.8. The predicted molar refractivity (Wildman–Crippen MR) is 75.9 cm³/mol. The molecule has 0 atom stereocenters. The Hall–Kier alpha value is -0.940. The SMILES string of the molecule is CC(C)CCCCNC(=O)c1csc(CCN)n1. The van der Waals surface area contributed by atoms with E-state index >= 15 is 0 Å². The predicted octanol–water partition coefficient (Wildman–Crippen LogP) is 2.20. The standard InChI is InChI=1S/C13H23N3OS/c1-10(2)5-3-4-8-15-13(17)11-9-18-12(16-11)6-7-14/h9-10H,3-8,14H2,1-2H3,(H,15,17). The van der Waals surface area contributed by atoms with Gasteiger partial charge in [-0.25, -0.2) is 4.98 Å². The van der Waals surface area contributed by atoms with Gasteiger partial charge >= 0.3 is 0 Å². The molecule has 0 aliphatic carbocycles. The van der Waals surface area contributed by atoms with Crippen LogP contribution in [-0.2, 0) is 6.42 Å². The molecule has 1 aromatic heterocycles. The van der Waals surface area contributed by atoms with Crippen LogP contribution in [0.1, 0.15) is 48.6 Å². The molecule has 102 valence electrons. The monoisotopic (exact) mass is 269 g/mol. The van der Waals surface area contributed by atoms with E-state index in [1.165, 1.54) is 17.8 Å². The van der Waals surface area contributed by atoms with E-state index in [1.54, 1.807) is 5.38 Å². The lowest BCUT2D eigenvalue weighted by Crippen LogP contribution is -2.24. The summed E-state index contributed by atoms with van der Waals surface area (Å²) in [5.74, 6) is 0.664. The first-order valence-corrected chi connectivity index (χ1v) is 7.44. The van der Waals surface area contributed by atoms with Gasteiger partial charge in [0.2, 0.25) is 0 Å². The van der Waals surface area contributed by atoms with E-state index in [9.17, 15) is 4.79 Å². The molecule has 0 bridgehead atoms. The first-order chi connectivity index (χ1) is 8.63. The van der Waals surface area contributed by atoms with Gasteiger partial charge in [0, 0.05) is 18.3 Å². The van der Waals surface area contributed by atoms with Crippen LogP contribution in [0.2, 0.25) is 0 Å². The maximum atomic E-state index is 11.8. The van der Waals surface area contributed by atoms with Crippen molar-refractivity contribution in [2.75, 3.05) is 13.1 Å². The Morgan fingerprint density at radius 3 is 2.94 bits per heavy atom. The van der Waals surface area contributed by atoms with Crippen molar-refractivity contribution >= 4 is 17.2 Å². The van der Waals surface area contributed by atoms with E-state index in [0.29, 0.717) is 12.2 Å². The molecule has 0 aromatic carbocycles. The van der Waals surface area contributed by atoms with Crippen LogP contribution in [0.3, 0.4) is 0 Å². The number of hydrogen-bond acceptors (Lipinski definition) is 4. The van der Waals surface area contributed by atoms with Crippen LogP contribution in [0, 0.1) is 5.92 Å². The number of rotatable bonds is 8. The quantitative estimate of drug-likeness (QED) is 0.711. The van der Waals surface area contributed by atoms with Crippen molar-refractivity contribution in [3.05, 3.63) is 16.1 Å². The number of carbonyl (C=O) groups is 1. The second-order valence-electron chi connectivity index (χ2n) is 4.81. The van der Waals surface area contributed by atoms with Crippen molar-refractivity contribution in [3.8, 4) is 0 Å². The van der Waals surface area contributed by atoms with Crippen molar-refractivity contribution in [3.63, 3.8) is 0 Å². The highest BCUT2D eigenvalue weighted by atomic mass is 32.1. The Bertz CT molecular complexity index is 363.